The van der Waals surface area contributed by atoms with Crippen molar-refractivity contribution in [1.82, 2.24) is 25.0 Å². The average Bonchev–Trinajstić information content (AvgIpc) is 3.28. The number of carbonyl (C=O) groups is 3. The van der Waals surface area contributed by atoms with Crippen molar-refractivity contribution >= 4 is 29.5 Å². The Bertz CT molecular complexity index is 1300. The number of likely N-dealkylation sites (tertiary alicyclic amines) is 1. The van der Waals surface area contributed by atoms with Crippen molar-refractivity contribution in [3.05, 3.63) is 71.3 Å². The van der Waals surface area contributed by atoms with Gasteiger partial charge in [-0.1, -0.05) is 19.1 Å². The fourth-order valence-corrected chi connectivity index (χ4v) is 4.74. The first-order chi connectivity index (χ1) is 17.6. The Morgan fingerprint density at radius 1 is 1.22 bits per heavy atom. The third-order valence-corrected chi connectivity index (χ3v) is 6.62. The number of carbonyl (C=O) groups excluding carboxylic acids is 3. The molecule has 4 amide bonds. The highest BCUT2D eigenvalue weighted by Gasteiger charge is 2.55. The van der Waals surface area contributed by atoms with E-state index in [1.165, 1.54) is 21.7 Å². The van der Waals surface area contributed by atoms with Crippen molar-refractivity contribution in [1.29, 1.82) is 0 Å². The van der Waals surface area contributed by atoms with E-state index in [-0.39, 0.29) is 12.2 Å². The van der Waals surface area contributed by atoms with Gasteiger partial charge in [0.15, 0.2) is 0 Å². The molecule has 0 spiro atoms. The van der Waals surface area contributed by atoms with E-state index >= 15 is 0 Å². The van der Waals surface area contributed by atoms with E-state index in [1.54, 1.807) is 57.5 Å². The quantitative estimate of drug-likeness (QED) is 0.474. The summed E-state index contributed by atoms with van der Waals surface area (Å²) in [5.41, 5.74) is 8.02. The molecule has 1 saturated heterocycles. The van der Waals surface area contributed by atoms with Gasteiger partial charge in [-0.15, -0.1) is 0 Å². The molecule has 0 bridgehead atoms. The second-order valence-electron chi connectivity index (χ2n) is 9.18. The molecule has 37 heavy (non-hydrogen) atoms. The first-order valence-corrected chi connectivity index (χ1v) is 12.0. The number of nitrogen functional groups attached to an aromatic ring is 1. The summed E-state index contributed by atoms with van der Waals surface area (Å²) >= 11 is 0. The van der Waals surface area contributed by atoms with E-state index in [0.29, 0.717) is 29.3 Å². The van der Waals surface area contributed by atoms with Crippen LogP contribution in [0.15, 0.2) is 48.7 Å². The highest BCUT2D eigenvalue weighted by Crippen LogP contribution is 2.33. The van der Waals surface area contributed by atoms with Crippen LogP contribution in [0, 0.1) is 18.7 Å². The van der Waals surface area contributed by atoms with E-state index < -0.39 is 35.8 Å². The molecular weight excluding hydrogens is 477 g/mol. The Balaban J connectivity index is 1.61. The molecule has 0 radical (unpaired) electrons. The summed E-state index contributed by atoms with van der Waals surface area (Å²) in [5, 5.41) is 6.94. The molecule has 2 aromatic heterocycles. The summed E-state index contributed by atoms with van der Waals surface area (Å²) in [6, 6.07) is 8.75. The molecule has 3 aromatic rings. The fourth-order valence-electron chi connectivity index (χ4n) is 4.74. The molecule has 3 atom stereocenters. The number of likely N-dealkylation sites (N-methyl/N-ethyl adjacent to an activating group) is 1. The van der Waals surface area contributed by atoms with E-state index in [0.717, 1.165) is 10.5 Å². The predicted molar refractivity (Wildman–Crippen MR) is 136 cm³/mol. The van der Waals surface area contributed by atoms with Crippen LogP contribution in [0.4, 0.5) is 20.8 Å². The molecule has 3 heterocycles. The van der Waals surface area contributed by atoms with Gasteiger partial charge in [-0.2, -0.15) is 5.10 Å². The monoisotopic (exact) mass is 507 g/mol. The van der Waals surface area contributed by atoms with Crippen LogP contribution in [0.1, 0.15) is 36.2 Å². The predicted octanol–water partition coefficient (Wildman–Crippen LogP) is 2.74. The number of aromatic nitrogens is 3. The molecule has 0 aliphatic carbocycles. The lowest BCUT2D eigenvalue weighted by molar-refractivity contribution is -0.156. The lowest BCUT2D eigenvalue weighted by Crippen LogP contribution is -2.70. The van der Waals surface area contributed by atoms with Crippen molar-refractivity contribution in [2.45, 2.75) is 38.8 Å². The zero-order chi connectivity index (χ0) is 26.9. The molecule has 1 fully saturated rings. The molecular formula is C26H30FN7O3. The molecule has 1 aliphatic rings. The van der Waals surface area contributed by atoms with E-state index in [1.807, 2.05) is 6.92 Å². The number of pyridine rings is 1. The van der Waals surface area contributed by atoms with E-state index in [2.05, 4.69) is 15.4 Å². The number of β-lactam (4-membered cyclic amide) rings is 1. The highest BCUT2D eigenvalue weighted by atomic mass is 19.1. The second kappa shape index (κ2) is 10.4. The minimum Gasteiger partial charge on any atom is -0.384 e. The van der Waals surface area contributed by atoms with Crippen LogP contribution in [0.3, 0.4) is 0 Å². The van der Waals surface area contributed by atoms with Crippen LogP contribution in [0.2, 0.25) is 0 Å². The summed E-state index contributed by atoms with van der Waals surface area (Å²) < 4.78 is 14.9. The molecule has 10 nitrogen and oxygen atoms in total. The molecule has 3 N–H and O–H groups in total. The molecule has 1 aromatic carbocycles. The van der Waals surface area contributed by atoms with E-state index in [4.69, 9.17) is 5.73 Å². The van der Waals surface area contributed by atoms with Gasteiger partial charge in [0.2, 0.25) is 5.91 Å². The van der Waals surface area contributed by atoms with Crippen LogP contribution in [0.5, 0.6) is 0 Å². The molecule has 0 saturated carbocycles. The highest BCUT2D eigenvalue weighted by molar-refractivity contribution is 6.12. The number of aryl methyl sites for hydroxylation is 2. The Kier molecular flexibility index (Phi) is 7.23. The number of hydrogen-bond acceptors (Lipinski definition) is 6. The van der Waals surface area contributed by atoms with Crippen molar-refractivity contribution in [2.75, 3.05) is 17.7 Å². The Hall–Kier alpha value is -4.28. The number of anilines is 2. The number of imide groups is 1. The lowest BCUT2D eigenvalue weighted by Gasteiger charge is -2.46. The Morgan fingerprint density at radius 3 is 2.51 bits per heavy atom. The first-order valence-electron chi connectivity index (χ1n) is 12.0. The Labute approximate surface area is 214 Å². The van der Waals surface area contributed by atoms with Gasteiger partial charge in [0, 0.05) is 25.9 Å². The number of nitrogens with two attached hydrogens (primary N) is 1. The SMILES string of the molecule is CC[C@@H](NC(=O)N1C(=O)[C@H](Cc2cc(C)nc(N)c2)[C@H]1C(=O)N(C)c1ccnn1C)c1ccc(F)cc1. The summed E-state index contributed by atoms with van der Waals surface area (Å²) in [5.74, 6) is -1.20. The maximum atomic E-state index is 13.7. The van der Waals surface area contributed by atoms with Gasteiger partial charge in [0.1, 0.15) is 23.5 Å². The van der Waals surface area contributed by atoms with Crippen molar-refractivity contribution in [3.8, 4) is 0 Å². The van der Waals surface area contributed by atoms with Gasteiger partial charge in [-0.25, -0.2) is 14.2 Å². The zero-order valence-corrected chi connectivity index (χ0v) is 21.2. The van der Waals surface area contributed by atoms with Crippen molar-refractivity contribution in [3.63, 3.8) is 0 Å². The summed E-state index contributed by atoms with van der Waals surface area (Å²) in [6.07, 6.45) is 2.29. The van der Waals surface area contributed by atoms with Gasteiger partial charge in [0.05, 0.1) is 18.2 Å². The molecule has 4 rings (SSSR count). The number of rotatable bonds is 7. The standard InChI is InChI=1S/C26H30FN7O3/c1-5-20(17-6-8-18(27)9-7-17)31-26(37)34-23(25(36)32(3)22-10-11-29-33(22)4)19(24(34)35)13-16-12-15(2)30-21(28)14-16/h6-12,14,19-20,23H,5,13H2,1-4H3,(H2,28,30)(H,31,37)/t19-,20-,23+/m1/s1. The van der Waals surface area contributed by atoms with Gasteiger partial charge in [-0.3, -0.25) is 24.1 Å². The van der Waals surface area contributed by atoms with Gasteiger partial charge in [0.25, 0.3) is 5.91 Å². The van der Waals surface area contributed by atoms with Crippen LogP contribution >= 0.6 is 0 Å². The molecule has 1 aliphatic heterocycles. The largest absolute Gasteiger partial charge is 0.384 e. The first kappa shape index (κ1) is 25.8. The fraction of sp³-hybridized carbons (Fsp3) is 0.346. The number of amides is 4. The third kappa shape index (κ3) is 5.16. The van der Waals surface area contributed by atoms with Crippen LogP contribution in [-0.4, -0.2) is 50.6 Å². The van der Waals surface area contributed by atoms with Crippen LogP contribution in [0.25, 0.3) is 0 Å². The average molecular weight is 508 g/mol. The van der Waals surface area contributed by atoms with Crippen LogP contribution < -0.4 is 16.0 Å². The van der Waals surface area contributed by atoms with Crippen molar-refractivity contribution < 1.29 is 18.8 Å². The normalized spacial score (nSPS) is 17.8. The second-order valence-corrected chi connectivity index (χ2v) is 9.18. The zero-order valence-electron chi connectivity index (χ0n) is 21.2. The number of halogens is 1. The van der Waals surface area contributed by atoms with Gasteiger partial charge >= 0.3 is 6.03 Å². The minimum atomic E-state index is -1.03. The number of urea groups is 1. The number of nitrogens with one attached hydrogen (secondary N) is 1. The summed E-state index contributed by atoms with van der Waals surface area (Å²) in [4.78, 5) is 46.8. The third-order valence-electron chi connectivity index (χ3n) is 6.62. The number of hydrogen-bond donors (Lipinski definition) is 2. The van der Waals surface area contributed by atoms with Crippen LogP contribution in [-0.2, 0) is 23.1 Å². The molecule has 194 valence electrons. The lowest BCUT2D eigenvalue weighted by atomic mass is 9.81. The summed E-state index contributed by atoms with van der Waals surface area (Å²) in [7, 11) is 3.28. The minimum absolute atomic E-state index is 0.223. The number of benzene rings is 1. The molecule has 0 unspecified atom stereocenters. The smallest absolute Gasteiger partial charge is 0.325 e. The summed E-state index contributed by atoms with van der Waals surface area (Å²) in [6.45, 7) is 3.66. The van der Waals surface area contributed by atoms with Gasteiger partial charge in [-0.05, 0) is 55.2 Å². The maximum Gasteiger partial charge on any atom is 0.325 e. The molecule has 11 heteroatoms. The Morgan fingerprint density at radius 2 is 1.92 bits per heavy atom. The maximum absolute atomic E-state index is 13.7. The van der Waals surface area contributed by atoms with E-state index in [9.17, 15) is 18.8 Å². The van der Waals surface area contributed by atoms with Crippen molar-refractivity contribution in [2.24, 2.45) is 13.0 Å². The topological polar surface area (TPSA) is 126 Å². The van der Waals surface area contributed by atoms with Gasteiger partial charge < -0.3 is 11.1 Å². The number of nitrogens with zero attached hydrogens (tertiary/aromatic N) is 5.